The Morgan fingerprint density at radius 2 is 1.88 bits per heavy atom. The summed E-state index contributed by atoms with van der Waals surface area (Å²) in [4.78, 5) is 7.06. The summed E-state index contributed by atoms with van der Waals surface area (Å²) in [5.74, 6) is 1.51. The quantitative estimate of drug-likeness (QED) is 0.388. The molecule has 1 aliphatic heterocycles. The van der Waals surface area contributed by atoms with Gasteiger partial charge in [-0.3, -0.25) is 4.90 Å². The molecule has 0 aliphatic carbocycles. The molecule has 2 aromatic heterocycles. The largest absolute Gasteiger partial charge is 0.507 e. The molecule has 0 saturated carbocycles. The minimum Gasteiger partial charge on any atom is -0.507 e. The van der Waals surface area contributed by atoms with Gasteiger partial charge in [-0.15, -0.1) is 0 Å². The van der Waals surface area contributed by atoms with E-state index in [1.807, 2.05) is 30.3 Å². The van der Waals surface area contributed by atoms with Crippen LogP contribution in [0, 0.1) is 5.92 Å². The van der Waals surface area contributed by atoms with Crippen LogP contribution in [0.5, 0.6) is 5.75 Å². The maximum Gasteiger partial charge on any atom is 0.150 e. The minimum absolute atomic E-state index is 0.177. The number of nitrogens with one attached hydrogen (secondary N) is 1. The first-order chi connectivity index (χ1) is 16.5. The lowest BCUT2D eigenvalue weighted by molar-refractivity contribution is 0.182. The molecule has 172 valence electrons. The van der Waals surface area contributed by atoms with E-state index in [2.05, 4.69) is 20.3 Å². The molecule has 0 unspecified atom stereocenters. The molecule has 6 nitrogen and oxygen atoms in total. The van der Waals surface area contributed by atoms with Gasteiger partial charge in [0.2, 0.25) is 0 Å². The fourth-order valence-corrected chi connectivity index (χ4v) is 4.89. The van der Waals surface area contributed by atoms with Gasteiger partial charge in [0.05, 0.1) is 5.69 Å². The molecular formula is C25H24BCl2N5O. The Labute approximate surface area is 209 Å². The summed E-state index contributed by atoms with van der Waals surface area (Å²) in [6, 6.07) is 14.8. The molecular weight excluding hydrogens is 468 g/mol. The van der Waals surface area contributed by atoms with Crippen molar-refractivity contribution in [1.29, 1.82) is 0 Å². The lowest BCUT2D eigenvalue weighted by atomic mass is 9.96. The number of phenols is 1. The number of likely N-dealkylation sites (tertiary alicyclic amines) is 1. The van der Waals surface area contributed by atoms with Gasteiger partial charge in [0, 0.05) is 41.0 Å². The summed E-state index contributed by atoms with van der Waals surface area (Å²) < 4.78 is 1.72. The summed E-state index contributed by atoms with van der Waals surface area (Å²) in [5.41, 5.74) is 3.47. The highest BCUT2D eigenvalue weighted by Crippen LogP contribution is 2.30. The molecule has 1 aliphatic rings. The van der Waals surface area contributed by atoms with Gasteiger partial charge in [-0.1, -0.05) is 41.4 Å². The van der Waals surface area contributed by atoms with Crippen molar-refractivity contribution in [3.8, 4) is 17.0 Å². The van der Waals surface area contributed by atoms with E-state index < -0.39 is 0 Å². The minimum atomic E-state index is 0.177. The highest BCUT2D eigenvalue weighted by molar-refractivity contribution is 6.36. The molecule has 34 heavy (non-hydrogen) atoms. The topological polar surface area (TPSA) is 65.7 Å². The van der Waals surface area contributed by atoms with Crippen molar-refractivity contribution >= 4 is 48.0 Å². The predicted molar refractivity (Wildman–Crippen MR) is 138 cm³/mol. The Bertz CT molecular complexity index is 1320. The highest BCUT2D eigenvalue weighted by Gasteiger charge is 2.21. The van der Waals surface area contributed by atoms with E-state index in [9.17, 15) is 5.11 Å². The van der Waals surface area contributed by atoms with E-state index in [1.165, 1.54) is 0 Å². The second-order valence-electron chi connectivity index (χ2n) is 8.72. The molecule has 2 aromatic carbocycles. The molecule has 1 fully saturated rings. The first-order valence-electron chi connectivity index (χ1n) is 11.3. The maximum absolute atomic E-state index is 10.3. The van der Waals surface area contributed by atoms with Crippen LogP contribution in [-0.4, -0.2) is 52.1 Å². The monoisotopic (exact) mass is 491 g/mol. The van der Waals surface area contributed by atoms with Crippen LogP contribution in [0.1, 0.15) is 18.4 Å². The normalized spacial score (nSPS) is 15.1. The number of hydrogen-bond donors (Lipinski definition) is 2. The van der Waals surface area contributed by atoms with Crippen LogP contribution in [0.4, 0.5) is 5.82 Å². The van der Waals surface area contributed by atoms with Crippen molar-refractivity contribution in [2.24, 2.45) is 5.92 Å². The molecule has 0 spiro atoms. The Balaban J connectivity index is 1.26. The number of fused-ring (bicyclic) bond motifs is 1. The highest BCUT2D eigenvalue weighted by atomic mass is 35.5. The van der Waals surface area contributed by atoms with Gasteiger partial charge in [0.25, 0.3) is 0 Å². The SMILES string of the molecule is [B]c1cnn2c(NCC3CCN(Cc4ccc(Cl)cc4Cl)CC3)cc(-c3ccccc3O)nc12. The van der Waals surface area contributed by atoms with Crippen molar-refractivity contribution in [2.45, 2.75) is 19.4 Å². The lowest BCUT2D eigenvalue weighted by Crippen LogP contribution is -2.35. The van der Waals surface area contributed by atoms with Crippen LogP contribution in [0.3, 0.4) is 0 Å². The molecule has 9 heteroatoms. The van der Waals surface area contributed by atoms with Crippen LogP contribution in [-0.2, 0) is 6.54 Å². The van der Waals surface area contributed by atoms with Crippen LogP contribution < -0.4 is 10.8 Å². The van der Waals surface area contributed by atoms with E-state index in [0.29, 0.717) is 33.3 Å². The molecule has 0 amide bonds. The number of nitrogens with zero attached hydrogens (tertiary/aromatic N) is 4. The summed E-state index contributed by atoms with van der Waals surface area (Å²) >= 11 is 12.4. The first kappa shape index (κ1) is 23.0. The van der Waals surface area contributed by atoms with Gasteiger partial charge in [0.15, 0.2) is 5.65 Å². The predicted octanol–water partition coefficient (Wildman–Crippen LogP) is 4.53. The number of rotatable bonds is 6. The molecule has 2 radical (unpaired) electrons. The van der Waals surface area contributed by atoms with Gasteiger partial charge in [-0.2, -0.15) is 9.61 Å². The zero-order chi connectivity index (χ0) is 23.7. The van der Waals surface area contributed by atoms with Gasteiger partial charge >= 0.3 is 0 Å². The molecule has 2 N–H and O–H groups in total. The number of anilines is 1. The standard InChI is InChI=1S/C25H24BCl2N5O/c26-20-14-30-33-24(12-22(31-25(20)33)19-3-1-2-4-23(19)34)29-13-16-7-9-32(10-8-16)15-17-5-6-18(27)11-21(17)28/h1-6,11-12,14,16,29,34H,7-10,13,15H2. The number of para-hydroxylation sites is 1. The molecule has 3 heterocycles. The van der Waals surface area contributed by atoms with E-state index in [1.54, 1.807) is 28.9 Å². The Kier molecular flexibility index (Phi) is 6.68. The Morgan fingerprint density at radius 1 is 1.09 bits per heavy atom. The average Bonchev–Trinajstić information content (AvgIpc) is 3.21. The number of halogens is 2. The van der Waals surface area contributed by atoms with Gasteiger partial charge < -0.3 is 10.4 Å². The summed E-state index contributed by atoms with van der Waals surface area (Å²) in [6.07, 6.45) is 3.77. The zero-order valence-corrected chi connectivity index (χ0v) is 20.1. The summed E-state index contributed by atoms with van der Waals surface area (Å²) in [6.45, 7) is 3.66. The average molecular weight is 492 g/mol. The third kappa shape index (κ3) is 4.87. The van der Waals surface area contributed by atoms with Gasteiger partial charge in [-0.25, -0.2) is 4.98 Å². The summed E-state index contributed by atoms with van der Waals surface area (Å²) in [5, 5.41) is 19.6. The lowest BCUT2D eigenvalue weighted by Gasteiger charge is -2.32. The maximum atomic E-state index is 10.3. The Hall–Kier alpha value is -2.74. The number of aromatic nitrogens is 3. The first-order valence-corrected chi connectivity index (χ1v) is 12.1. The zero-order valence-electron chi connectivity index (χ0n) is 18.6. The molecule has 0 atom stereocenters. The smallest absolute Gasteiger partial charge is 0.150 e. The Morgan fingerprint density at radius 3 is 2.65 bits per heavy atom. The number of aromatic hydroxyl groups is 1. The van der Waals surface area contributed by atoms with Crippen LogP contribution >= 0.6 is 23.2 Å². The third-order valence-electron chi connectivity index (χ3n) is 6.37. The van der Waals surface area contributed by atoms with Crippen LogP contribution in [0.2, 0.25) is 10.0 Å². The van der Waals surface area contributed by atoms with E-state index in [0.717, 1.165) is 55.4 Å². The fourth-order valence-electron chi connectivity index (χ4n) is 4.42. The van der Waals surface area contributed by atoms with Crippen LogP contribution in [0.15, 0.2) is 54.7 Å². The molecule has 1 saturated heterocycles. The number of benzene rings is 2. The van der Waals surface area contributed by atoms with E-state index in [-0.39, 0.29) is 5.75 Å². The van der Waals surface area contributed by atoms with E-state index >= 15 is 0 Å². The second-order valence-corrected chi connectivity index (χ2v) is 9.56. The van der Waals surface area contributed by atoms with Crippen molar-refractivity contribution in [3.63, 3.8) is 0 Å². The number of phenolic OH excluding ortho intramolecular Hbond substituents is 1. The third-order valence-corrected chi connectivity index (χ3v) is 6.95. The number of piperidine rings is 1. The molecule has 4 aromatic rings. The van der Waals surface area contributed by atoms with Crippen molar-refractivity contribution in [1.82, 2.24) is 19.5 Å². The van der Waals surface area contributed by atoms with Gasteiger partial charge in [0.1, 0.15) is 19.4 Å². The van der Waals surface area contributed by atoms with Crippen molar-refractivity contribution in [2.75, 3.05) is 25.0 Å². The molecule has 0 bridgehead atoms. The van der Waals surface area contributed by atoms with Gasteiger partial charge in [-0.05, 0) is 67.1 Å². The van der Waals surface area contributed by atoms with E-state index in [4.69, 9.17) is 31.0 Å². The van der Waals surface area contributed by atoms with Crippen molar-refractivity contribution < 1.29 is 5.11 Å². The number of hydrogen-bond acceptors (Lipinski definition) is 5. The molecule has 5 rings (SSSR count). The second kappa shape index (κ2) is 9.86. The fraction of sp³-hybridized carbons (Fsp3) is 0.280. The van der Waals surface area contributed by atoms with Crippen molar-refractivity contribution in [3.05, 3.63) is 70.3 Å². The van der Waals surface area contributed by atoms with Crippen LogP contribution in [0.25, 0.3) is 16.9 Å². The summed E-state index contributed by atoms with van der Waals surface area (Å²) in [7, 11) is 6.11.